The lowest BCUT2D eigenvalue weighted by atomic mass is 9.97. The molecule has 2 aromatic rings. The number of carbonyl (C=O) groups excluding carboxylic acids is 2. The van der Waals surface area contributed by atoms with Crippen molar-refractivity contribution in [2.24, 2.45) is 0 Å². The van der Waals surface area contributed by atoms with E-state index in [4.69, 9.17) is 10.00 Å². The van der Waals surface area contributed by atoms with Crippen molar-refractivity contribution in [2.45, 2.75) is 35.6 Å². The number of amides is 1. The van der Waals surface area contributed by atoms with Gasteiger partial charge in [0.25, 0.3) is 0 Å². The van der Waals surface area contributed by atoms with Crippen LogP contribution in [0.4, 0.5) is 0 Å². The lowest BCUT2D eigenvalue weighted by Gasteiger charge is -2.37. The maximum Gasteiger partial charge on any atom is 0.331 e. The number of hydrogen-bond acceptors (Lipinski definition) is 6. The van der Waals surface area contributed by atoms with Gasteiger partial charge in [-0.15, -0.1) is 0 Å². The first-order valence-corrected chi connectivity index (χ1v) is 11.7. The van der Waals surface area contributed by atoms with Gasteiger partial charge in [-0.3, -0.25) is 9.00 Å². The van der Waals surface area contributed by atoms with Gasteiger partial charge in [0.15, 0.2) is 6.10 Å². The Kier molecular flexibility index (Phi) is 5.67. The van der Waals surface area contributed by atoms with Gasteiger partial charge in [-0.2, -0.15) is 5.26 Å². The number of nitriles is 1. The second-order valence-electron chi connectivity index (χ2n) is 7.49. The number of thiocyanates is 1. The number of ether oxygens (including phenoxy) is 1. The summed E-state index contributed by atoms with van der Waals surface area (Å²) in [6.07, 6.45) is -0.499. The Morgan fingerprint density at radius 1 is 1.23 bits per heavy atom. The highest BCUT2D eigenvalue weighted by Crippen LogP contribution is 2.45. The van der Waals surface area contributed by atoms with E-state index in [0.29, 0.717) is 0 Å². The van der Waals surface area contributed by atoms with Crippen LogP contribution in [0.3, 0.4) is 0 Å². The summed E-state index contributed by atoms with van der Waals surface area (Å²) in [5.74, 6) is -0.632. The normalized spacial score (nSPS) is 27.3. The van der Waals surface area contributed by atoms with Crippen LogP contribution in [0.1, 0.15) is 30.6 Å². The lowest BCUT2D eigenvalue weighted by molar-refractivity contribution is -0.164. The molecule has 1 unspecified atom stereocenters. The largest absolute Gasteiger partial charge is 0.451 e. The molecular weight excluding hydrogens is 420 g/mol. The van der Waals surface area contributed by atoms with E-state index < -0.39 is 39.0 Å². The van der Waals surface area contributed by atoms with E-state index in [2.05, 4.69) is 0 Å². The van der Waals surface area contributed by atoms with E-state index in [-0.39, 0.29) is 18.1 Å². The predicted octanol–water partition coefficient (Wildman–Crippen LogP) is 2.98. The molecule has 2 aliphatic rings. The average Bonchev–Trinajstić information content (AvgIpc) is 2.95. The number of rotatable bonds is 6. The third kappa shape index (κ3) is 3.42. The fraction of sp³-hybridized carbons (Fsp3) is 0.318. The molecule has 2 fully saturated rings. The summed E-state index contributed by atoms with van der Waals surface area (Å²) in [6.45, 7) is 1.70. The van der Waals surface area contributed by atoms with Crippen molar-refractivity contribution in [3.63, 3.8) is 0 Å². The molecule has 0 N–H and O–H groups in total. The van der Waals surface area contributed by atoms with Crippen molar-refractivity contribution in [1.29, 1.82) is 5.26 Å². The summed E-state index contributed by atoms with van der Waals surface area (Å²) in [7, 11) is -1.46. The quantitative estimate of drug-likeness (QED) is 0.390. The number of β-lactam (4-membered cyclic amide) rings is 1. The van der Waals surface area contributed by atoms with Gasteiger partial charge < -0.3 is 9.64 Å². The van der Waals surface area contributed by atoms with Crippen LogP contribution in [0.5, 0.6) is 0 Å². The first kappa shape index (κ1) is 20.6. The molecule has 30 heavy (non-hydrogen) atoms. The van der Waals surface area contributed by atoms with E-state index >= 15 is 0 Å². The van der Waals surface area contributed by atoms with Crippen molar-refractivity contribution < 1.29 is 18.5 Å². The van der Waals surface area contributed by atoms with Crippen molar-refractivity contribution in [1.82, 2.24) is 4.90 Å². The first-order valence-electron chi connectivity index (χ1n) is 9.50. The molecule has 2 aliphatic heterocycles. The standard InChI is InChI=1S/C22H20N2O4S2/c1-22(13-29-14-23)20(24-17(25)12-18(24)30(22)27)21(26)28-19(15-8-4-2-5-9-15)16-10-6-3-7-11-16/h2-11,18-20H,12-13H2,1H3/t18-,20+,22+,30?/m1/s1. The molecule has 2 saturated heterocycles. The molecular formula is C22H20N2O4S2. The lowest BCUT2D eigenvalue weighted by Crippen LogP contribution is -2.58. The van der Waals surface area contributed by atoms with Gasteiger partial charge in [0, 0.05) is 5.75 Å². The smallest absolute Gasteiger partial charge is 0.331 e. The molecule has 1 amide bonds. The van der Waals surface area contributed by atoms with Crippen LogP contribution in [0.25, 0.3) is 0 Å². The molecule has 0 bridgehead atoms. The first-order chi connectivity index (χ1) is 14.5. The Labute approximate surface area is 181 Å². The molecule has 154 valence electrons. The highest BCUT2D eigenvalue weighted by molar-refractivity contribution is 8.04. The number of fused-ring (bicyclic) bond motifs is 1. The van der Waals surface area contributed by atoms with Gasteiger partial charge in [0.05, 0.1) is 22.0 Å². The molecule has 2 aromatic carbocycles. The Morgan fingerprint density at radius 2 is 1.80 bits per heavy atom. The van der Waals surface area contributed by atoms with Crippen molar-refractivity contribution in [3.8, 4) is 5.40 Å². The fourth-order valence-corrected chi connectivity index (χ4v) is 6.99. The van der Waals surface area contributed by atoms with Gasteiger partial charge in [0.1, 0.15) is 16.8 Å². The number of esters is 1. The molecule has 0 saturated carbocycles. The van der Waals surface area contributed by atoms with Crippen LogP contribution in [0, 0.1) is 10.7 Å². The number of hydrogen-bond donors (Lipinski definition) is 0. The third-order valence-electron chi connectivity index (χ3n) is 5.60. The van der Waals surface area contributed by atoms with Gasteiger partial charge in [0.2, 0.25) is 5.91 Å². The number of benzene rings is 2. The summed E-state index contributed by atoms with van der Waals surface area (Å²) in [5.41, 5.74) is 1.60. The molecule has 4 atom stereocenters. The van der Waals surface area contributed by atoms with Crippen LogP contribution in [-0.2, 0) is 25.1 Å². The topological polar surface area (TPSA) is 87.5 Å². The van der Waals surface area contributed by atoms with Crippen LogP contribution >= 0.6 is 11.8 Å². The van der Waals surface area contributed by atoms with E-state index in [1.807, 2.05) is 66.1 Å². The monoisotopic (exact) mass is 440 g/mol. The van der Waals surface area contributed by atoms with E-state index in [1.54, 1.807) is 6.92 Å². The second-order valence-corrected chi connectivity index (χ2v) is 10.3. The summed E-state index contributed by atoms with van der Waals surface area (Å²) >= 11 is 0.941. The van der Waals surface area contributed by atoms with Crippen molar-refractivity contribution in [2.75, 3.05) is 5.75 Å². The molecule has 0 radical (unpaired) electrons. The van der Waals surface area contributed by atoms with Crippen LogP contribution < -0.4 is 0 Å². The van der Waals surface area contributed by atoms with Crippen LogP contribution in [0.15, 0.2) is 60.7 Å². The summed E-state index contributed by atoms with van der Waals surface area (Å²) in [4.78, 5) is 27.1. The van der Waals surface area contributed by atoms with E-state index in [0.717, 1.165) is 22.9 Å². The molecule has 0 spiro atoms. The van der Waals surface area contributed by atoms with Gasteiger partial charge in [-0.25, -0.2) is 4.79 Å². The molecule has 6 nitrogen and oxygen atoms in total. The molecule has 2 heterocycles. The van der Waals surface area contributed by atoms with Crippen molar-refractivity contribution >= 4 is 34.4 Å². The molecule has 0 aliphatic carbocycles. The summed E-state index contributed by atoms with van der Waals surface area (Å²) < 4.78 is 18.0. The van der Waals surface area contributed by atoms with E-state index in [1.165, 1.54) is 4.90 Å². The third-order valence-corrected chi connectivity index (χ3v) is 8.83. The Morgan fingerprint density at radius 3 is 2.30 bits per heavy atom. The summed E-state index contributed by atoms with van der Waals surface area (Å²) in [6, 6.07) is 17.7. The zero-order valence-electron chi connectivity index (χ0n) is 16.3. The maximum absolute atomic E-state index is 13.4. The highest BCUT2D eigenvalue weighted by Gasteiger charge is 2.65. The Bertz CT molecular complexity index is 985. The van der Waals surface area contributed by atoms with Crippen molar-refractivity contribution in [3.05, 3.63) is 71.8 Å². The van der Waals surface area contributed by atoms with Crippen LogP contribution in [0.2, 0.25) is 0 Å². The number of carbonyl (C=O) groups is 2. The van der Waals surface area contributed by atoms with Gasteiger partial charge >= 0.3 is 5.97 Å². The Balaban J connectivity index is 1.68. The highest BCUT2D eigenvalue weighted by atomic mass is 32.2. The predicted molar refractivity (Wildman–Crippen MR) is 114 cm³/mol. The number of thioether (sulfide) groups is 1. The average molecular weight is 441 g/mol. The zero-order valence-corrected chi connectivity index (χ0v) is 17.9. The van der Waals surface area contributed by atoms with Crippen LogP contribution in [-0.4, -0.2) is 42.9 Å². The van der Waals surface area contributed by atoms with Gasteiger partial charge in [-0.05, 0) is 29.8 Å². The second kappa shape index (κ2) is 8.25. The molecule has 4 rings (SSSR count). The minimum absolute atomic E-state index is 0.157. The van der Waals surface area contributed by atoms with Gasteiger partial charge in [-0.1, -0.05) is 60.7 Å². The SMILES string of the molecule is C[C@]1(CSC#N)[C@H](C(=O)OC(c2ccccc2)c2ccccc2)N2C(=O)C[C@H]2S1=O. The van der Waals surface area contributed by atoms with E-state index in [9.17, 15) is 13.8 Å². The minimum Gasteiger partial charge on any atom is -0.451 e. The molecule has 0 aromatic heterocycles. The zero-order chi connectivity index (χ0) is 21.3. The molecule has 8 heteroatoms. The minimum atomic E-state index is -1.46. The fourth-order valence-electron chi connectivity index (χ4n) is 4.05. The maximum atomic E-state index is 13.4. The number of nitrogens with zero attached hydrogens (tertiary/aromatic N) is 2. The summed E-state index contributed by atoms with van der Waals surface area (Å²) in [5, 5.41) is 10.5. The Hall–Kier alpha value is -2.63.